The Morgan fingerprint density at radius 2 is 1.94 bits per heavy atom. The van der Waals surface area contributed by atoms with E-state index in [4.69, 9.17) is 11.6 Å². The van der Waals surface area contributed by atoms with E-state index in [2.05, 4.69) is 20.6 Å². The molecule has 0 radical (unpaired) electrons. The molecule has 0 unspecified atom stereocenters. The van der Waals surface area contributed by atoms with E-state index in [-0.39, 0.29) is 11.2 Å². The van der Waals surface area contributed by atoms with Crippen molar-refractivity contribution in [2.45, 2.75) is 44.6 Å². The molecule has 3 rings (SSSR count). The van der Waals surface area contributed by atoms with Crippen LogP contribution in [0.2, 0.25) is 5.28 Å². The summed E-state index contributed by atoms with van der Waals surface area (Å²) in [6, 6.07) is 0. The van der Waals surface area contributed by atoms with Crippen molar-refractivity contribution in [2.24, 2.45) is 0 Å². The average molecular weight is 267 g/mol. The number of hydrogen-bond acceptors (Lipinski definition) is 4. The zero-order valence-electron chi connectivity index (χ0n) is 10.2. The minimum Gasteiger partial charge on any atom is -0.354 e. The summed E-state index contributed by atoms with van der Waals surface area (Å²) >= 11 is 5.87. The van der Waals surface area contributed by atoms with Crippen LogP contribution in [0, 0.1) is 6.92 Å². The van der Waals surface area contributed by atoms with E-state index >= 15 is 0 Å². The van der Waals surface area contributed by atoms with Crippen LogP contribution in [0.25, 0.3) is 0 Å². The van der Waals surface area contributed by atoms with Crippen LogP contribution in [0.4, 0.5) is 11.5 Å². The number of aromatic nitrogens is 2. The first-order valence-electron chi connectivity index (χ1n) is 6.24. The van der Waals surface area contributed by atoms with E-state index in [1.807, 2.05) is 6.92 Å². The van der Waals surface area contributed by atoms with Gasteiger partial charge in [0.15, 0.2) is 5.82 Å². The predicted octanol–water partition coefficient (Wildman–Crippen LogP) is 2.51. The molecule has 1 amide bonds. The topological polar surface area (TPSA) is 66.9 Å². The number of halogens is 1. The molecule has 0 aromatic carbocycles. The number of aryl methyl sites for hydroxylation is 1. The molecule has 2 aliphatic rings. The highest BCUT2D eigenvalue weighted by molar-refractivity contribution is 6.28. The lowest BCUT2D eigenvalue weighted by molar-refractivity contribution is -0.121. The highest BCUT2D eigenvalue weighted by Crippen LogP contribution is 2.39. The van der Waals surface area contributed by atoms with Crippen molar-refractivity contribution in [3.8, 4) is 0 Å². The molecule has 1 spiro atoms. The van der Waals surface area contributed by atoms with E-state index < -0.39 is 5.54 Å². The van der Waals surface area contributed by atoms with E-state index in [0.29, 0.717) is 17.2 Å². The van der Waals surface area contributed by atoms with E-state index in [1.165, 1.54) is 6.42 Å². The zero-order chi connectivity index (χ0) is 12.8. The number of anilines is 2. The van der Waals surface area contributed by atoms with Crippen LogP contribution in [0.3, 0.4) is 0 Å². The van der Waals surface area contributed by atoms with Crippen molar-refractivity contribution in [1.29, 1.82) is 0 Å². The van der Waals surface area contributed by atoms with Gasteiger partial charge >= 0.3 is 0 Å². The monoisotopic (exact) mass is 266 g/mol. The summed E-state index contributed by atoms with van der Waals surface area (Å²) in [4.78, 5) is 20.6. The molecule has 1 fully saturated rings. The third kappa shape index (κ3) is 1.73. The van der Waals surface area contributed by atoms with Crippen LogP contribution >= 0.6 is 11.6 Å². The van der Waals surface area contributed by atoms with Gasteiger partial charge < -0.3 is 10.6 Å². The second kappa shape index (κ2) is 4.09. The molecule has 1 saturated carbocycles. The molecule has 1 aliphatic carbocycles. The van der Waals surface area contributed by atoms with E-state index in [0.717, 1.165) is 25.7 Å². The SMILES string of the molecule is Cc1nc(Cl)nc2c1NC(=O)C1(CCCCC1)N2. The summed E-state index contributed by atoms with van der Waals surface area (Å²) in [6.45, 7) is 1.81. The minimum absolute atomic E-state index is 0.0312. The lowest BCUT2D eigenvalue weighted by Crippen LogP contribution is -2.54. The maximum Gasteiger partial charge on any atom is 0.250 e. The number of nitrogens with zero attached hydrogens (tertiary/aromatic N) is 2. The Kier molecular flexibility index (Phi) is 2.66. The van der Waals surface area contributed by atoms with Gasteiger partial charge in [0, 0.05) is 0 Å². The van der Waals surface area contributed by atoms with Gasteiger partial charge in [0.25, 0.3) is 0 Å². The zero-order valence-corrected chi connectivity index (χ0v) is 11.0. The Labute approximate surface area is 110 Å². The van der Waals surface area contributed by atoms with Gasteiger partial charge in [-0.1, -0.05) is 19.3 Å². The molecule has 5 nitrogen and oxygen atoms in total. The maximum atomic E-state index is 12.3. The Morgan fingerprint density at radius 1 is 1.22 bits per heavy atom. The molecule has 6 heteroatoms. The summed E-state index contributed by atoms with van der Waals surface area (Å²) in [5.41, 5.74) is 0.840. The number of carbonyl (C=O) groups is 1. The van der Waals surface area contributed by atoms with Crippen LogP contribution in [-0.2, 0) is 4.79 Å². The van der Waals surface area contributed by atoms with Crippen LogP contribution in [0.5, 0.6) is 0 Å². The maximum absolute atomic E-state index is 12.3. The second-order valence-electron chi connectivity index (χ2n) is 5.02. The third-order valence-electron chi connectivity index (χ3n) is 3.80. The van der Waals surface area contributed by atoms with E-state index in [9.17, 15) is 4.79 Å². The quantitative estimate of drug-likeness (QED) is 0.708. The molecule has 2 N–H and O–H groups in total. The molecule has 1 aromatic heterocycles. The number of hydrogen-bond donors (Lipinski definition) is 2. The molecule has 2 heterocycles. The van der Waals surface area contributed by atoms with Gasteiger partial charge in [-0.25, -0.2) is 4.98 Å². The molecule has 1 aliphatic heterocycles. The van der Waals surface area contributed by atoms with Gasteiger partial charge in [-0.15, -0.1) is 0 Å². The molecule has 0 atom stereocenters. The van der Waals surface area contributed by atoms with Gasteiger partial charge in [-0.05, 0) is 31.4 Å². The lowest BCUT2D eigenvalue weighted by atomic mass is 9.80. The minimum atomic E-state index is -0.505. The van der Waals surface area contributed by atoms with Crippen molar-refractivity contribution in [3.63, 3.8) is 0 Å². The van der Waals surface area contributed by atoms with Crippen molar-refractivity contribution in [3.05, 3.63) is 11.0 Å². The first kappa shape index (κ1) is 11.7. The van der Waals surface area contributed by atoms with Crippen molar-refractivity contribution >= 4 is 29.0 Å². The number of fused-ring (bicyclic) bond motifs is 1. The Bertz CT molecular complexity index is 511. The third-order valence-corrected chi connectivity index (χ3v) is 3.97. The predicted molar refractivity (Wildman–Crippen MR) is 69.8 cm³/mol. The fourth-order valence-electron chi connectivity index (χ4n) is 2.80. The normalized spacial score (nSPS) is 21.1. The summed E-state index contributed by atoms with van der Waals surface area (Å²) in [5.74, 6) is 0.678. The fourth-order valence-corrected chi connectivity index (χ4v) is 3.01. The summed E-state index contributed by atoms with van der Waals surface area (Å²) in [5, 5.41) is 6.44. The first-order chi connectivity index (χ1) is 8.61. The summed E-state index contributed by atoms with van der Waals surface area (Å²) in [7, 11) is 0. The second-order valence-corrected chi connectivity index (χ2v) is 5.36. The van der Waals surface area contributed by atoms with Crippen molar-refractivity contribution in [2.75, 3.05) is 10.6 Å². The number of carbonyl (C=O) groups excluding carboxylic acids is 1. The van der Waals surface area contributed by atoms with Crippen LogP contribution < -0.4 is 10.6 Å². The summed E-state index contributed by atoms with van der Waals surface area (Å²) in [6.07, 6.45) is 5.01. The molecule has 18 heavy (non-hydrogen) atoms. The molecular formula is C12H15ClN4O. The highest BCUT2D eigenvalue weighted by atomic mass is 35.5. The first-order valence-corrected chi connectivity index (χ1v) is 6.62. The van der Waals surface area contributed by atoms with Crippen LogP contribution in [0.15, 0.2) is 0 Å². The van der Waals surface area contributed by atoms with Gasteiger partial charge in [0.2, 0.25) is 11.2 Å². The molecule has 1 aromatic rings. The number of amides is 1. The smallest absolute Gasteiger partial charge is 0.250 e. The number of rotatable bonds is 0. The van der Waals surface area contributed by atoms with Crippen LogP contribution in [-0.4, -0.2) is 21.4 Å². The number of nitrogens with one attached hydrogen (secondary N) is 2. The Morgan fingerprint density at radius 3 is 2.67 bits per heavy atom. The fraction of sp³-hybridized carbons (Fsp3) is 0.583. The van der Waals surface area contributed by atoms with E-state index in [1.54, 1.807) is 0 Å². The molecule has 96 valence electrons. The van der Waals surface area contributed by atoms with Crippen LogP contribution in [0.1, 0.15) is 37.8 Å². The van der Waals surface area contributed by atoms with Crippen molar-refractivity contribution < 1.29 is 4.79 Å². The Hall–Kier alpha value is -1.36. The highest BCUT2D eigenvalue weighted by Gasteiger charge is 2.43. The summed E-state index contributed by atoms with van der Waals surface area (Å²) < 4.78 is 0. The lowest BCUT2D eigenvalue weighted by Gasteiger charge is -2.40. The largest absolute Gasteiger partial charge is 0.354 e. The Balaban J connectivity index is 2.02. The van der Waals surface area contributed by atoms with Gasteiger partial charge in [-0.2, -0.15) is 4.98 Å². The molecule has 0 saturated heterocycles. The van der Waals surface area contributed by atoms with Crippen molar-refractivity contribution in [1.82, 2.24) is 9.97 Å². The van der Waals surface area contributed by atoms with Gasteiger partial charge in [0.1, 0.15) is 11.2 Å². The molecule has 0 bridgehead atoms. The molecular weight excluding hydrogens is 252 g/mol. The average Bonchev–Trinajstić information content (AvgIpc) is 2.33. The van der Waals surface area contributed by atoms with Gasteiger partial charge in [-0.3, -0.25) is 4.79 Å². The standard InChI is InChI=1S/C12H15ClN4O/c1-7-8-9(16-11(13)14-7)17-12(10(18)15-8)5-3-2-4-6-12/h2-6H2,1H3,(H,15,18)(H,14,16,17). The van der Waals surface area contributed by atoms with Gasteiger partial charge in [0.05, 0.1) is 5.69 Å².